The molecule has 3 N–H and O–H groups in total. The molecule has 1 spiro atoms. The Morgan fingerprint density at radius 1 is 1.23 bits per heavy atom. The van der Waals surface area contributed by atoms with Crippen molar-refractivity contribution in [2.75, 3.05) is 32.8 Å². The van der Waals surface area contributed by atoms with Gasteiger partial charge in [0.25, 0.3) is 0 Å². The van der Waals surface area contributed by atoms with Crippen LogP contribution in [0.25, 0.3) is 0 Å². The Hall–Kier alpha value is -0.120. The number of piperidine rings is 2. The monoisotopic (exact) mass is 183 g/mol. The van der Waals surface area contributed by atoms with Gasteiger partial charge in [-0.3, -0.25) is 4.90 Å². The smallest absolute Gasteiger partial charge is 0.0455 e. The zero-order chi connectivity index (χ0) is 9.15. The van der Waals surface area contributed by atoms with Gasteiger partial charge in [-0.15, -0.1) is 0 Å². The molecule has 0 aromatic rings. The Morgan fingerprint density at radius 2 is 2.00 bits per heavy atom. The summed E-state index contributed by atoms with van der Waals surface area (Å²) in [5, 5.41) is 3.53. The Labute approximate surface area is 80.7 Å². The molecule has 2 aliphatic rings. The first-order valence-corrected chi connectivity index (χ1v) is 5.48. The van der Waals surface area contributed by atoms with Gasteiger partial charge in [-0.25, -0.2) is 0 Å². The largest absolute Gasteiger partial charge is 0.318 e. The predicted molar refractivity (Wildman–Crippen MR) is 54.4 cm³/mol. The van der Waals surface area contributed by atoms with E-state index in [9.17, 15) is 0 Å². The average Bonchev–Trinajstić information content (AvgIpc) is 2.20. The van der Waals surface area contributed by atoms with Gasteiger partial charge in [0.1, 0.15) is 0 Å². The van der Waals surface area contributed by atoms with Crippen LogP contribution in [0.3, 0.4) is 0 Å². The molecule has 2 rings (SSSR count). The highest BCUT2D eigenvalue weighted by Crippen LogP contribution is 2.36. The van der Waals surface area contributed by atoms with Gasteiger partial charge in [0.2, 0.25) is 0 Å². The molecule has 3 heteroatoms. The summed E-state index contributed by atoms with van der Waals surface area (Å²) in [6, 6.07) is 0. The number of nitrogens with one attached hydrogen (secondary N) is 1. The van der Waals surface area contributed by atoms with Crippen molar-refractivity contribution in [2.24, 2.45) is 11.1 Å². The molecule has 2 saturated heterocycles. The van der Waals surface area contributed by atoms with E-state index in [1.165, 1.54) is 51.9 Å². The summed E-state index contributed by atoms with van der Waals surface area (Å²) in [5.41, 5.74) is 6.26. The molecule has 3 nitrogen and oxygen atoms in total. The maximum absolute atomic E-state index is 5.63. The SMILES string of the molecule is NCN1CCC2(CCCNC2)CC1. The number of likely N-dealkylation sites (tertiary alicyclic amines) is 1. The molecule has 0 radical (unpaired) electrons. The molecule has 0 amide bonds. The van der Waals surface area contributed by atoms with Gasteiger partial charge in [0.05, 0.1) is 0 Å². The number of nitrogens with zero attached hydrogens (tertiary/aromatic N) is 1. The first kappa shape index (κ1) is 9.44. The minimum absolute atomic E-state index is 0.629. The third kappa shape index (κ3) is 2.03. The van der Waals surface area contributed by atoms with Crippen LogP contribution in [0.1, 0.15) is 25.7 Å². The molecule has 13 heavy (non-hydrogen) atoms. The second-order valence-corrected chi connectivity index (χ2v) is 4.58. The Morgan fingerprint density at radius 3 is 2.54 bits per heavy atom. The quantitative estimate of drug-likeness (QED) is 0.617. The molecule has 0 aromatic heterocycles. The molecule has 0 atom stereocenters. The molecule has 2 fully saturated rings. The van der Waals surface area contributed by atoms with E-state index in [0.717, 1.165) is 6.67 Å². The second kappa shape index (κ2) is 3.95. The lowest BCUT2D eigenvalue weighted by molar-refractivity contribution is 0.0805. The van der Waals surface area contributed by atoms with Crippen LogP contribution in [0.4, 0.5) is 0 Å². The van der Waals surface area contributed by atoms with E-state index in [2.05, 4.69) is 10.2 Å². The molecule has 0 unspecified atom stereocenters. The molecular weight excluding hydrogens is 162 g/mol. The molecule has 2 aliphatic heterocycles. The van der Waals surface area contributed by atoms with Crippen LogP contribution in [0.5, 0.6) is 0 Å². The molecule has 0 bridgehead atoms. The van der Waals surface area contributed by atoms with Gasteiger partial charge in [-0.2, -0.15) is 0 Å². The molecule has 2 heterocycles. The minimum atomic E-state index is 0.629. The first-order chi connectivity index (χ1) is 6.35. The van der Waals surface area contributed by atoms with Gasteiger partial charge >= 0.3 is 0 Å². The zero-order valence-electron chi connectivity index (χ0n) is 8.39. The Balaban J connectivity index is 1.87. The van der Waals surface area contributed by atoms with Crippen LogP contribution in [-0.4, -0.2) is 37.7 Å². The molecule has 0 saturated carbocycles. The van der Waals surface area contributed by atoms with E-state index in [-0.39, 0.29) is 0 Å². The summed E-state index contributed by atoms with van der Waals surface area (Å²) in [6.45, 7) is 5.62. The fourth-order valence-corrected chi connectivity index (χ4v) is 2.67. The van der Waals surface area contributed by atoms with E-state index in [1.807, 2.05) is 0 Å². The maximum Gasteiger partial charge on any atom is 0.0455 e. The molecular formula is C10H21N3. The van der Waals surface area contributed by atoms with E-state index in [1.54, 1.807) is 0 Å². The third-order valence-electron chi connectivity index (χ3n) is 3.74. The lowest BCUT2D eigenvalue weighted by atomic mass is 9.73. The first-order valence-electron chi connectivity index (χ1n) is 5.48. The van der Waals surface area contributed by atoms with Gasteiger partial charge in [-0.05, 0) is 50.7 Å². The maximum atomic E-state index is 5.63. The minimum Gasteiger partial charge on any atom is -0.318 e. The van der Waals surface area contributed by atoms with E-state index in [4.69, 9.17) is 5.73 Å². The molecule has 0 aromatic carbocycles. The standard InChI is InChI=1S/C10H21N3/c11-9-13-6-3-10(4-7-13)2-1-5-12-8-10/h12H,1-9,11H2. The Bertz CT molecular complexity index is 154. The van der Waals surface area contributed by atoms with E-state index >= 15 is 0 Å². The lowest BCUT2D eigenvalue weighted by Gasteiger charge is -2.44. The predicted octanol–water partition coefficient (Wildman–Crippen LogP) is 0.368. The second-order valence-electron chi connectivity index (χ2n) is 4.58. The van der Waals surface area contributed by atoms with Gasteiger partial charge in [0, 0.05) is 13.2 Å². The van der Waals surface area contributed by atoms with Gasteiger partial charge in [-0.1, -0.05) is 0 Å². The molecule has 0 aliphatic carbocycles. The third-order valence-corrected chi connectivity index (χ3v) is 3.74. The van der Waals surface area contributed by atoms with Crippen LogP contribution in [0.15, 0.2) is 0 Å². The van der Waals surface area contributed by atoms with Crippen molar-refractivity contribution in [1.82, 2.24) is 10.2 Å². The number of hydrogen-bond donors (Lipinski definition) is 2. The van der Waals surface area contributed by atoms with Crippen LogP contribution < -0.4 is 11.1 Å². The van der Waals surface area contributed by atoms with Crippen LogP contribution in [0.2, 0.25) is 0 Å². The normalized spacial score (nSPS) is 29.3. The summed E-state index contributed by atoms with van der Waals surface area (Å²) < 4.78 is 0. The van der Waals surface area contributed by atoms with Crippen molar-refractivity contribution >= 4 is 0 Å². The highest BCUT2D eigenvalue weighted by molar-refractivity contribution is 4.89. The highest BCUT2D eigenvalue weighted by atomic mass is 15.2. The van der Waals surface area contributed by atoms with Crippen molar-refractivity contribution in [1.29, 1.82) is 0 Å². The number of hydrogen-bond acceptors (Lipinski definition) is 3. The van der Waals surface area contributed by atoms with Crippen molar-refractivity contribution in [3.8, 4) is 0 Å². The summed E-state index contributed by atoms with van der Waals surface area (Å²) in [6.07, 6.45) is 5.48. The van der Waals surface area contributed by atoms with Crippen LogP contribution >= 0.6 is 0 Å². The van der Waals surface area contributed by atoms with E-state index in [0.29, 0.717) is 5.41 Å². The zero-order valence-corrected chi connectivity index (χ0v) is 8.39. The van der Waals surface area contributed by atoms with Crippen molar-refractivity contribution < 1.29 is 0 Å². The van der Waals surface area contributed by atoms with Gasteiger partial charge < -0.3 is 11.1 Å². The fourth-order valence-electron chi connectivity index (χ4n) is 2.67. The summed E-state index contributed by atoms with van der Waals surface area (Å²) >= 11 is 0. The summed E-state index contributed by atoms with van der Waals surface area (Å²) in [4.78, 5) is 2.36. The topological polar surface area (TPSA) is 41.3 Å². The van der Waals surface area contributed by atoms with Gasteiger partial charge in [0.15, 0.2) is 0 Å². The summed E-state index contributed by atoms with van der Waals surface area (Å²) in [7, 11) is 0. The number of rotatable bonds is 1. The average molecular weight is 183 g/mol. The van der Waals surface area contributed by atoms with Crippen LogP contribution in [0, 0.1) is 5.41 Å². The van der Waals surface area contributed by atoms with E-state index < -0.39 is 0 Å². The van der Waals surface area contributed by atoms with Crippen molar-refractivity contribution in [3.63, 3.8) is 0 Å². The Kier molecular flexibility index (Phi) is 2.86. The highest BCUT2D eigenvalue weighted by Gasteiger charge is 2.34. The molecule has 76 valence electrons. The fraction of sp³-hybridized carbons (Fsp3) is 1.00. The van der Waals surface area contributed by atoms with Crippen molar-refractivity contribution in [3.05, 3.63) is 0 Å². The summed E-state index contributed by atoms with van der Waals surface area (Å²) in [5.74, 6) is 0. The van der Waals surface area contributed by atoms with Crippen molar-refractivity contribution in [2.45, 2.75) is 25.7 Å². The number of nitrogens with two attached hydrogens (primary N) is 1. The van der Waals surface area contributed by atoms with Crippen LogP contribution in [-0.2, 0) is 0 Å². The lowest BCUT2D eigenvalue weighted by Crippen LogP contribution is -2.49.